The molecule has 0 atom stereocenters. The summed E-state index contributed by atoms with van der Waals surface area (Å²) < 4.78 is 0.901. The Morgan fingerprint density at radius 1 is 1.24 bits per heavy atom. The lowest BCUT2D eigenvalue weighted by Gasteiger charge is -2.08. The number of primary amides is 1. The number of nitrogens with one attached hydrogen (secondary N) is 1. The van der Waals surface area contributed by atoms with Crippen molar-refractivity contribution in [1.82, 2.24) is 0 Å². The predicted molar refractivity (Wildman–Crippen MR) is 94.2 cm³/mol. The van der Waals surface area contributed by atoms with Gasteiger partial charge in [-0.1, -0.05) is 12.1 Å². The Kier molecular flexibility index (Phi) is 4.67. The van der Waals surface area contributed by atoms with Gasteiger partial charge in [0.1, 0.15) is 5.00 Å². The van der Waals surface area contributed by atoms with Crippen molar-refractivity contribution in [2.24, 2.45) is 5.73 Å². The number of hydrogen-bond acceptors (Lipinski definition) is 3. The third-order valence-electron chi connectivity index (χ3n) is 3.30. The van der Waals surface area contributed by atoms with Crippen LogP contribution in [0.2, 0.25) is 0 Å². The third kappa shape index (κ3) is 3.11. The predicted octanol–water partition coefficient (Wildman–Crippen LogP) is 3.63. The van der Waals surface area contributed by atoms with Gasteiger partial charge in [-0.15, -0.1) is 11.3 Å². The summed E-state index contributed by atoms with van der Waals surface area (Å²) in [4.78, 5) is 25.0. The zero-order chi connectivity index (χ0) is 15.7. The van der Waals surface area contributed by atoms with Crippen molar-refractivity contribution in [2.45, 2.75) is 20.8 Å². The molecule has 1 heterocycles. The monoisotopic (exact) mass is 414 g/mol. The first-order valence-electron chi connectivity index (χ1n) is 6.29. The summed E-state index contributed by atoms with van der Waals surface area (Å²) in [5, 5.41) is 3.33. The Bertz CT molecular complexity index is 738. The van der Waals surface area contributed by atoms with Crippen molar-refractivity contribution >= 4 is 50.7 Å². The van der Waals surface area contributed by atoms with Crippen LogP contribution in [0.5, 0.6) is 0 Å². The summed E-state index contributed by atoms with van der Waals surface area (Å²) in [6, 6.07) is 5.56. The van der Waals surface area contributed by atoms with Crippen molar-refractivity contribution in [1.29, 1.82) is 0 Å². The van der Waals surface area contributed by atoms with E-state index in [-0.39, 0.29) is 5.91 Å². The molecule has 0 saturated carbocycles. The second-order valence-corrected chi connectivity index (χ2v) is 7.05. The van der Waals surface area contributed by atoms with Crippen LogP contribution < -0.4 is 11.1 Å². The van der Waals surface area contributed by atoms with Gasteiger partial charge < -0.3 is 11.1 Å². The molecule has 0 radical (unpaired) electrons. The molecule has 1 aromatic carbocycles. The number of thiophene rings is 1. The molecule has 2 amide bonds. The third-order valence-corrected chi connectivity index (χ3v) is 5.85. The number of carbonyl (C=O) groups is 2. The first kappa shape index (κ1) is 16.0. The summed E-state index contributed by atoms with van der Waals surface area (Å²) in [6.45, 7) is 5.68. The lowest BCUT2D eigenvalue weighted by molar-refractivity contribution is 0.100. The standard InChI is InChI=1S/C15H15IN2O2S/c1-7-5-4-6-10(12(7)16)14(20)18-15-11(13(17)19)8(2)9(3)21-15/h4-6H,1-3H3,(H2,17,19)(H,18,20). The fraction of sp³-hybridized carbons (Fsp3) is 0.200. The number of nitrogens with two attached hydrogens (primary N) is 1. The molecule has 0 bridgehead atoms. The molecule has 2 rings (SSSR count). The topological polar surface area (TPSA) is 72.2 Å². The highest BCUT2D eigenvalue weighted by Crippen LogP contribution is 2.32. The molecular weight excluding hydrogens is 399 g/mol. The Hall–Kier alpha value is -1.41. The number of anilines is 1. The van der Waals surface area contributed by atoms with Crippen LogP contribution in [-0.2, 0) is 0 Å². The number of halogens is 1. The molecule has 4 nitrogen and oxygen atoms in total. The fourth-order valence-corrected chi connectivity index (χ4v) is 3.67. The summed E-state index contributed by atoms with van der Waals surface area (Å²) >= 11 is 3.51. The van der Waals surface area contributed by atoms with Gasteiger partial charge in [-0.25, -0.2) is 0 Å². The Labute approximate surface area is 140 Å². The van der Waals surface area contributed by atoms with Gasteiger partial charge in [-0.3, -0.25) is 9.59 Å². The van der Waals surface area contributed by atoms with Gasteiger partial charge in [0.2, 0.25) is 0 Å². The zero-order valence-electron chi connectivity index (χ0n) is 11.9. The van der Waals surface area contributed by atoms with Crippen LogP contribution in [0.15, 0.2) is 18.2 Å². The van der Waals surface area contributed by atoms with E-state index in [0.717, 1.165) is 19.6 Å². The Balaban J connectivity index is 2.39. The van der Waals surface area contributed by atoms with Gasteiger partial charge in [0.05, 0.1) is 11.1 Å². The molecule has 0 unspecified atom stereocenters. The zero-order valence-corrected chi connectivity index (χ0v) is 14.9. The quantitative estimate of drug-likeness (QED) is 0.753. The largest absolute Gasteiger partial charge is 0.365 e. The van der Waals surface area contributed by atoms with Crippen molar-refractivity contribution in [3.63, 3.8) is 0 Å². The van der Waals surface area contributed by atoms with E-state index in [2.05, 4.69) is 27.9 Å². The highest BCUT2D eigenvalue weighted by atomic mass is 127. The number of carbonyl (C=O) groups excluding carboxylic acids is 2. The van der Waals surface area contributed by atoms with Gasteiger partial charge in [-0.05, 0) is 60.6 Å². The summed E-state index contributed by atoms with van der Waals surface area (Å²) in [5.74, 6) is -0.752. The molecule has 0 spiro atoms. The Morgan fingerprint density at radius 2 is 1.90 bits per heavy atom. The normalized spacial score (nSPS) is 10.5. The van der Waals surface area contributed by atoms with Crippen LogP contribution in [0, 0.1) is 24.3 Å². The van der Waals surface area contributed by atoms with Crippen LogP contribution in [0.3, 0.4) is 0 Å². The molecule has 1 aromatic heterocycles. The number of benzene rings is 1. The second-order valence-electron chi connectivity index (χ2n) is 4.74. The van der Waals surface area contributed by atoms with E-state index in [1.165, 1.54) is 11.3 Å². The van der Waals surface area contributed by atoms with E-state index in [0.29, 0.717) is 16.1 Å². The van der Waals surface area contributed by atoms with E-state index in [1.54, 1.807) is 6.07 Å². The maximum atomic E-state index is 12.4. The maximum absolute atomic E-state index is 12.4. The van der Waals surface area contributed by atoms with Gasteiger partial charge in [-0.2, -0.15) is 0 Å². The molecule has 21 heavy (non-hydrogen) atoms. The highest BCUT2D eigenvalue weighted by molar-refractivity contribution is 14.1. The minimum Gasteiger partial charge on any atom is -0.365 e. The van der Waals surface area contributed by atoms with Crippen LogP contribution in [0.4, 0.5) is 5.00 Å². The number of amides is 2. The average molecular weight is 414 g/mol. The van der Waals surface area contributed by atoms with E-state index < -0.39 is 5.91 Å². The van der Waals surface area contributed by atoms with Gasteiger partial charge >= 0.3 is 0 Å². The summed E-state index contributed by atoms with van der Waals surface area (Å²) in [6.07, 6.45) is 0. The van der Waals surface area contributed by atoms with Crippen LogP contribution in [0.1, 0.15) is 36.7 Å². The molecular formula is C15H15IN2O2S. The lowest BCUT2D eigenvalue weighted by Crippen LogP contribution is -2.18. The smallest absolute Gasteiger partial charge is 0.257 e. The average Bonchev–Trinajstić information content (AvgIpc) is 2.67. The molecule has 0 fully saturated rings. The molecule has 3 N–H and O–H groups in total. The van der Waals surface area contributed by atoms with Crippen molar-refractivity contribution in [2.75, 3.05) is 5.32 Å². The molecule has 0 aliphatic carbocycles. The molecule has 2 aromatic rings. The minimum absolute atomic E-state index is 0.230. The van der Waals surface area contributed by atoms with E-state index in [1.807, 2.05) is 32.9 Å². The Morgan fingerprint density at radius 3 is 2.52 bits per heavy atom. The van der Waals surface area contributed by atoms with Crippen molar-refractivity contribution in [3.8, 4) is 0 Å². The van der Waals surface area contributed by atoms with Crippen LogP contribution in [-0.4, -0.2) is 11.8 Å². The van der Waals surface area contributed by atoms with E-state index in [9.17, 15) is 9.59 Å². The molecule has 0 aliphatic rings. The first-order chi connectivity index (χ1) is 9.82. The van der Waals surface area contributed by atoms with Crippen LogP contribution in [0.25, 0.3) is 0 Å². The minimum atomic E-state index is -0.522. The van der Waals surface area contributed by atoms with Gasteiger partial charge in [0, 0.05) is 8.45 Å². The molecule has 0 aliphatic heterocycles. The summed E-state index contributed by atoms with van der Waals surface area (Å²) in [7, 11) is 0. The lowest BCUT2D eigenvalue weighted by atomic mass is 10.1. The maximum Gasteiger partial charge on any atom is 0.257 e. The number of hydrogen-bond donors (Lipinski definition) is 2. The SMILES string of the molecule is Cc1cccc(C(=O)Nc2sc(C)c(C)c2C(N)=O)c1I. The molecule has 110 valence electrons. The van der Waals surface area contributed by atoms with E-state index in [4.69, 9.17) is 5.73 Å². The van der Waals surface area contributed by atoms with Gasteiger partial charge in [0.15, 0.2) is 0 Å². The summed E-state index contributed by atoms with van der Waals surface area (Å²) in [5.41, 5.74) is 8.26. The van der Waals surface area contributed by atoms with Crippen molar-refractivity contribution in [3.05, 3.63) is 48.9 Å². The van der Waals surface area contributed by atoms with E-state index >= 15 is 0 Å². The fourth-order valence-electron chi connectivity index (χ4n) is 2.00. The van der Waals surface area contributed by atoms with Crippen molar-refractivity contribution < 1.29 is 9.59 Å². The number of aryl methyl sites for hydroxylation is 2. The second kappa shape index (κ2) is 6.15. The molecule has 0 saturated heterocycles. The van der Waals surface area contributed by atoms with Crippen LogP contribution >= 0.6 is 33.9 Å². The molecule has 6 heteroatoms. The first-order valence-corrected chi connectivity index (χ1v) is 8.18. The highest BCUT2D eigenvalue weighted by Gasteiger charge is 2.20. The number of rotatable bonds is 3. The van der Waals surface area contributed by atoms with Gasteiger partial charge in [0.25, 0.3) is 11.8 Å².